The topological polar surface area (TPSA) is 28.7 Å². The van der Waals surface area contributed by atoms with Crippen LogP contribution >= 0.6 is 11.8 Å². The highest BCUT2D eigenvalue weighted by Gasteiger charge is 2.16. The molecule has 20 heavy (non-hydrogen) atoms. The Morgan fingerprint density at radius 1 is 1.10 bits per heavy atom. The Kier molecular flexibility index (Phi) is 4.43. The third-order valence-electron chi connectivity index (χ3n) is 3.19. The second-order valence-electron chi connectivity index (χ2n) is 4.79. The third-order valence-corrected chi connectivity index (χ3v) is 4.33. The van der Waals surface area contributed by atoms with Gasteiger partial charge in [-0.15, -0.1) is 0 Å². The van der Waals surface area contributed by atoms with E-state index in [2.05, 4.69) is 34.2 Å². The minimum Gasteiger partial charge on any atom is -0.467 e. The first-order chi connectivity index (χ1) is 9.92. The van der Waals surface area contributed by atoms with Gasteiger partial charge in [0, 0.05) is 18.8 Å². The summed E-state index contributed by atoms with van der Waals surface area (Å²) in [5.41, 5.74) is 1.30. The summed E-state index contributed by atoms with van der Waals surface area (Å²) in [5, 5.41) is 1.14. The molecule has 1 aliphatic rings. The lowest BCUT2D eigenvalue weighted by molar-refractivity contribution is 0.360. The van der Waals surface area contributed by atoms with Crippen LogP contribution in [0.15, 0.2) is 58.1 Å². The molecule has 0 saturated heterocycles. The molecule has 0 saturated carbocycles. The largest absolute Gasteiger partial charge is 0.467 e. The van der Waals surface area contributed by atoms with Crippen LogP contribution in [0.5, 0.6) is 0 Å². The van der Waals surface area contributed by atoms with Gasteiger partial charge in [-0.2, -0.15) is 0 Å². The van der Waals surface area contributed by atoms with E-state index in [0.29, 0.717) is 0 Å². The molecule has 104 valence electrons. The van der Waals surface area contributed by atoms with Gasteiger partial charge in [-0.1, -0.05) is 42.1 Å². The van der Waals surface area contributed by atoms with Crippen molar-refractivity contribution in [1.82, 2.24) is 4.90 Å². The summed E-state index contributed by atoms with van der Waals surface area (Å²) in [6.07, 6.45) is 2.90. The Balaban J connectivity index is 1.77. The molecular formula is C16H18N2OS. The molecule has 0 amide bonds. The van der Waals surface area contributed by atoms with Gasteiger partial charge in [-0.25, -0.2) is 0 Å². The lowest BCUT2D eigenvalue weighted by Gasteiger charge is -2.26. The Bertz CT molecular complexity index is 551. The molecule has 1 aromatic carbocycles. The molecule has 0 bridgehead atoms. The van der Waals surface area contributed by atoms with Crippen molar-refractivity contribution in [3.63, 3.8) is 0 Å². The summed E-state index contributed by atoms with van der Waals surface area (Å²) in [7, 11) is 0. The van der Waals surface area contributed by atoms with Crippen molar-refractivity contribution >= 4 is 16.9 Å². The summed E-state index contributed by atoms with van der Waals surface area (Å²) < 4.78 is 5.49. The summed E-state index contributed by atoms with van der Waals surface area (Å²) in [6, 6.07) is 14.5. The van der Waals surface area contributed by atoms with E-state index in [1.807, 2.05) is 30.0 Å². The van der Waals surface area contributed by atoms with Crippen molar-refractivity contribution in [2.24, 2.45) is 4.99 Å². The predicted molar refractivity (Wildman–Crippen MR) is 83.8 cm³/mol. The Morgan fingerprint density at radius 2 is 2.00 bits per heavy atom. The van der Waals surface area contributed by atoms with Crippen molar-refractivity contribution in [2.75, 3.05) is 12.3 Å². The first kappa shape index (κ1) is 13.3. The summed E-state index contributed by atoms with van der Waals surface area (Å²) in [4.78, 5) is 6.97. The fourth-order valence-corrected chi connectivity index (χ4v) is 3.18. The van der Waals surface area contributed by atoms with Crippen molar-refractivity contribution in [3.8, 4) is 0 Å². The van der Waals surface area contributed by atoms with Gasteiger partial charge < -0.3 is 9.32 Å². The molecule has 1 aromatic heterocycles. The second-order valence-corrected chi connectivity index (χ2v) is 5.85. The van der Waals surface area contributed by atoms with Crippen molar-refractivity contribution < 1.29 is 4.42 Å². The molecule has 0 N–H and O–H groups in total. The Morgan fingerprint density at radius 3 is 2.70 bits per heavy atom. The molecule has 3 rings (SSSR count). The van der Waals surface area contributed by atoms with Crippen LogP contribution in [-0.2, 0) is 13.1 Å². The van der Waals surface area contributed by atoms with E-state index in [0.717, 1.165) is 36.3 Å². The first-order valence-corrected chi connectivity index (χ1v) is 7.89. The van der Waals surface area contributed by atoms with Gasteiger partial charge in [0.15, 0.2) is 5.17 Å². The minimum absolute atomic E-state index is 0.772. The number of benzene rings is 1. The molecule has 0 aliphatic carbocycles. The summed E-state index contributed by atoms with van der Waals surface area (Å²) in [5.74, 6) is 2.14. The Labute approximate surface area is 123 Å². The van der Waals surface area contributed by atoms with Crippen LogP contribution in [-0.4, -0.2) is 22.4 Å². The number of nitrogens with zero attached hydrogens (tertiary/aromatic N) is 2. The van der Waals surface area contributed by atoms with E-state index in [9.17, 15) is 0 Å². The average Bonchev–Trinajstić information content (AvgIpc) is 3.02. The molecule has 0 fully saturated rings. The highest BCUT2D eigenvalue weighted by atomic mass is 32.2. The van der Waals surface area contributed by atoms with Crippen LogP contribution in [0.4, 0.5) is 0 Å². The highest BCUT2D eigenvalue weighted by molar-refractivity contribution is 8.13. The number of aliphatic imine (C=N–C) groups is 1. The SMILES string of the molecule is c1ccc(CN(Cc2ccco2)C2=NCCCS2)cc1. The zero-order chi connectivity index (χ0) is 13.6. The number of rotatable bonds is 4. The smallest absolute Gasteiger partial charge is 0.159 e. The van der Waals surface area contributed by atoms with Crippen molar-refractivity contribution in [3.05, 3.63) is 60.1 Å². The van der Waals surface area contributed by atoms with Crippen LogP contribution < -0.4 is 0 Å². The molecule has 3 nitrogen and oxygen atoms in total. The zero-order valence-corrected chi connectivity index (χ0v) is 12.2. The molecule has 0 spiro atoms. The number of thioether (sulfide) groups is 1. The van der Waals surface area contributed by atoms with Gasteiger partial charge in [0.25, 0.3) is 0 Å². The maximum atomic E-state index is 5.49. The van der Waals surface area contributed by atoms with Crippen LogP contribution in [0, 0.1) is 0 Å². The van der Waals surface area contributed by atoms with Gasteiger partial charge in [-0.3, -0.25) is 4.99 Å². The van der Waals surface area contributed by atoms with E-state index in [-0.39, 0.29) is 0 Å². The Hall–Kier alpha value is -1.68. The van der Waals surface area contributed by atoms with E-state index in [4.69, 9.17) is 4.42 Å². The van der Waals surface area contributed by atoms with Crippen molar-refractivity contribution in [1.29, 1.82) is 0 Å². The van der Waals surface area contributed by atoms with Gasteiger partial charge in [-0.05, 0) is 24.1 Å². The third kappa shape index (κ3) is 3.45. The maximum absolute atomic E-state index is 5.49. The summed E-state index contributed by atoms with van der Waals surface area (Å²) >= 11 is 1.85. The van der Waals surface area contributed by atoms with Crippen LogP contribution in [0.25, 0.3) is 0 Å². The number of hydrogen-bond donors (Lipinski definition) is 0. The quantitative estimate of drug-likeness (QED) is 0.856. The fraction of sp³-hybridized carbons (Fsp3) is 0.312. The van der Waals surface area contributed by atoms with E-state index in [1.165, 1.54) is 12.0 Å². The molecule has 2 aromatic rings. The average molecular weight is 286 g/mol. The summed E-state index contributed by atoms with van der Waals surface area (Å²) in [6.45, 7) is 2.58. The van der Waals surface area contributed by atoms with Gasteiger partial charge >= 0.3 is 0 Å². The molecule has 4 heteroatoms. The van der Waals surface area contributed by atoms with Gasteiger partial charge in [0.2, 0.25) is 0 Å². The van der Waals surface area contributed by atoms with E-state index >= 15 is 0 Å². The maximum Gasteiger partial charge on any atom is 0.159 e. The number of furan rings is 1. The van der Waals surface area contributed by atoms with Crippen LogP contribution in [0.1, 0.15) is 17.7 Å². The van der Waals surface area contributed by atoms with Gasteiger partial charge in [0.05, 0.1) is 12.8 Å². The second kappa shape index (κ2) is 6.66. The first-order valence-electron chi connectivity index (χ1n) is 6.90. The van der Waals surface area contributed by atoms with E-state index < -0.39 is 0 Å². The molecule has 2 heterocycles. The minimum atomic E-state index is 0.772. The highest BCUT2D eigenvalue weighted by Crippen LogP contribution is 2.20. The van der Waals surface area contributed by atoms with Crippen molar-refractivity contribution in [2.45, 2.75) is 19.5 Å². The fourth-order valence-electron chi connectivity index (χ4n) is 2.23. The molecule has 0 atom stereocenters. The molecule has 0 unspecified atom stereocenters. The van der Waals surface area contributed by atoms with Gasteiger partial charge in [0.1, 0.15) is 5.76 Å². The monoisotopic (exact) mass is 286 g/mol. The molecule has 1 aliphatic heterocycles. The lowest BCUT2D eigenvalue weighted by Crippen LogP contribution is -2.29. The predicted octanol–water partition coefficient (Wildman–Crippen LogP) is 3.77. The van der Waals surface area contributed by atoms with Crippen LogP contribution in [0.2, 0.25) is 0 Å². The normalized spacial score (nSPS) is 14.9. The number of amidine groups is 1. The standard InChI is InChI=1S/C16H18N2OS/c1-2-6-14(7-3-1)12-18(13-15-8-4-10-19-15)16-17-9-5-11-20-16/h1-4,6-8,10H,5,9,11-13H2. The zero-order valence-electron chi connectivity index (χ0n) is 11.4. The van der Waals surface area contributed by atoms with E-state index in [1.54, 1.807) is 6.26 Å². The lowest BCUT2D eigenvalue weighted by atomic mass is 10.2. The number of hydrogen-bond acceptors (Lipinski definition) is 4. The molecule has 0 radical (unpaired) electrons. The van der Waals surface area contributed by atoms with Crippen LogP contribution in [0.3, 0.4) is 0 Å². The molecular weight excluding hydrogens is 268 g/mol.